The van der Waals surface area contributed by atoms with E-state index in [0.29, 0.717) is 0 Å². The normalized spacial score (nSPS) is 11.8. The monoisotopic (exact) mass is 156 g/mol. The smallest absolute Gasteiger partial charge is 0.306 e. The van der Waals surface area contributed by atoms with Crippen LogP contribution in [0.3, 0.4) is 0 Å². The van der Waals surface area contributed by atoms with Gasteiger partial charge in [-0.05, 0) is 6.42 Å². The predicted octanol–water partition coefficient (Wildman–Crippen LogP) is 1.13. The third-order valence-corrected chi connectivity index (χ3v) is 1.14. The molecule has 1 atom stereocenters. The van der Waals surface area contributed by atoms with Gasteiger partial charge in [0, 0.05) is 37.7 Å². The minimum absolute atomic E-state index is 0. The molecule has 9 heavy (non-hydrogen) atoms. The van der Waals surface area contributed by atoms with Crippen LogP contribution in [-0.2, 0) is 4.79 Å². The molecule has 2 radical (unpaired) electrons. The first-order chi connectivity index (χ1) is 3.68. The van der Waals surface area contributed by atoms with Gasteiger partial charge in [-0.3, -0.25) is 4.79 Å². The van der Waals surface area contributed by atoms with Gasteiger partial charge in [-0.1, -0.05) is 20.3 Å². The van der Waals surface area contributed by atoms with Crippen molar-refractivity contribution in [3.63, 3.8) is 0 Å². The predicted molar refractivity (Wildman–Crippen MR) is 37.5 cm³/mol. The fourth-order valence-corrected chi connectivity index (χ4v) is 0.556. The van der Waals surface area contributed by atoms with Crippen molar-refractivity contribution < 1.29 is 9.90 Å². The molecular weight excluding hydrogens is 144 g/mol. The number of carboxylic acids is 1. The number of carboxylic acid groups (broad SMARTS) is 1. The Kier molecular flexibility index (Phi) is 9.44. The molecule has 3 heteroatoms. The number of aliphatic carboxylic acids is 1. The molecule has 0 bridgehead atoms. The van der Waals surface area contributed by atoms with Crippen LogP contribution in [0.15, 0.2) is 0 Å². The maximum Gasteiger partial charge on any atom is 0.306 e. The van der Waals surface area contributed by atoms with Crippen molar-refractivity contribution >= 4 is 43.7 Å². The molecule has 50 valence electrons. The summed E-state index contributed by atoms with van der Waals surface area (Å²) in [5.41, 5.74) is 0. The van der Waals surface area contributed by atoms with E-state index in [1.807, 2.05) is 6.92 Å². The first-order valence-electron chi connectivity index (χ1n) is 2.91. The quantitative estimate of drug-likeness (QED) is 0.622. The summed E-state index contributed by atoms with van der Waals surface area (Å²) in [5, 5.41) is 8.31. The molecule has 0 fully saturated rings. The molecule has 2 nitrogen and oxygen atoms in total. The van der Waals surface area contributed by atoms with Gasteiger partial charge in [0.25, 0.3) is 0 Å². The van der Waals surface area contributed by atoms with E-state index in [2.05, 4.69) is 0 Å². The van der Waals surface area contributed by atoms with Crippen molar-refractivity contribution in [1.29, 1.82) is 0 Å². The summed E-state index contributed by atoms with van der Waals surface area (Å²) in [5.74, 6) is -0.855. The maximum atomic E-state index is 10.1. The van der Waals surface area contributed by atoms with Gasteiger partial charge in [0.15, 0.2) is 0 Å². The minimum atomic E-state index is -0.688. The van der Waals surface area contributed by atoms with E-state index in [1.54, 1.807) is 6.92 Å². The SMILES string of the molecule is CCCC(C)C(=O)O.[Ca]. The van der Waals surface area contributed by atoms with E-state index in [4.69, 9.17) is 5.11 Å². The summed E-state index contributed by atoms with van der Waals surface area (Å²) in [7, 11) is 0. The molecule has 1 unspecified atom stereocenters. The number of hydrogen-bond donors (Lipinski definition) is 1. The molecule has 0 aliphatic carbocycles. The number of rotatable bonds is 3. The van der Waals surface area contributed by atoms with Gasteiger partial charge in [-0.2, -0.15) is 0 Å². The van der Waals surface area contributed by atoms with Gasteiger partial charge in [0.2, 0.25) is 0 Å². The van der Waals surface area contributed by atoms with Crippen molar-refractivity contribution in [2.24, 2.45) is 5.92 Å². The molecular formula is C6H12CaO2. The van der Waals surface area contributed by atoms with Gasteiger partial charge >= 0.3 is 5.97 Å². The Labute approximate surface area is 85.6 Å². The summed E-state index contributed by atoms with van der Waals surface area (Å²) in [4.78, 5) is 10.1. The molecule has 0 amide bonds. The Balaban J connectivity index is 0. The fourth-order valence-electron chi connectivity index (χ4n) is 0.556. The standard InChI is InChI=1S/C6H12O2.Ca/c1-3-4-5(2)6(7)8;/h5H,3-4H2,1-2H3,(H,7,8);. The molecule has 0 heterocycles. The molecule has 0 saturated carbocycles. The van der Waals surface area contributed by atoms with E-state index >= 15 is 0 Å². The number of carbonyl (C=O) groups is 1. The van der Waals surface area contributed by atoms with Crippen molar-refractivity contribution in [3.05, 3.63) is 0 Å². The van der Waals surface area contributed by atoms with E-state index in [1.165, 1.54) is 0 Å². The Morgan fingerprint density at radius 1 is 1.67 bits per heavy atom. The summed E-state index contributed by atoms with van der Waals surface area (Å²) < 4.78 is 0. The Morgan fingerprint density at radius 3 is 2.22 bits per heavy atom. The van der Waals surface area contributed by atoms with Crippen LogP contribution in [0.1, 0.15) is 26.7 Å². The van der Waals surface area contributed by atoms with Crippen LogP contribution < -0.4 is 0 Å². The molecule has 0 rings (SSSR count). The van der Waals surface area contributed by atoms with Crippen molar-refractivity contribution in [3.8, 4) is 0 Å². The fraction of sp³-hybridized carbons (Fsp3) is 0.833. The van der Waals surface area contributed by atoms with Gasteiger partial charge in [-0.25, -0.2) is 0 Å². The topological polar surface area (TPSA) is 37.3 Å². The van der Waals surface area contributed by atoms with Crippen LogP contribution in [0.25, 0.3) is 0 Å². The Bertz CT molecular complexity index is 83.1. The molecule has 0 aromatic heterocycles. The zero-order valence-electron chi connectivity index (χ0n) is 6.05. The average Bonchev–Trinajstić information content (AvgIpc) is 1.67. The Morgan fingerprint density at radius 2 is 2.11 bits per heavy atom. The van der Waals surface area contributed by atoms with Gasteiger partial charge in [0.05, 0.1) is 5.92 Å². The summed E-state index contributed by atoms with van der Waals surface area (Å²) >= 11 is 0. The van der Waals surface area contributed by atoms with Crippen LogP contribution in [0, 0.1) is 5.92 Å². The van der Waals surface area contributed by atoms with Crippen LogP contribution in [0.4, 0.5) is 0 Å². The average molecular weight is 156 g/mol. The number of hydrogen-bond acceptors (Lipinski definition) is 1. The zero-order chi connectivity index (χ0) is 6.57. The third kappa shape index (κ3) is 6.62. The first kappa shape index (κ1) is 12.4. The van der Waals surface area contributed by atoms with Crippen LogP contribution >= 0.6 is 0 Å². The Hall–Kier alpha value is 0.730. The summed E-state index contributed by atoms with van der Waals surface area (Å²) in [6.45, 7) is 3.71. The molecule has 0 aromatic carbocycles. The maximum absolute atomic E-state index is 10.1. The molecule has 0 aliphatic heterocycles. The first-order valence-corrected chi connectivity index (χ1v) is 2.91. The second kappa shape index (κ2) is 6.84. The van der Waals surface area contributed by atoms with Gasteiger partial charge in [0.1, 0.15) is 0 Å². The van der Waals surface area contributed by atoms with E-state index in [9.17, 15) is 4.79 Å². The van der Waals surface area contributed by atoms with Crippen molar-refractivity contribution in [2.75, 3.05) is 0 Å². The molecule has 0 aromatic rings. The second-order valence-electron chi connectivity index (χ2n) is 2.03. The van der Waals surface area contributed by atoms with Gasteiger partial charge in [-0.15, -0.1) is 0 Å². The minimum Gasteiger partial charge on any atom is -0.481 e. The van der Waals surface area contributed by atoms with Crippen LogP contribution in [0.5, 0.6) is 0 Å². The van der Waals surface area contributed by atoms with Crippen LogP contribution in [0.2, 0.25) is 0 Å². The van der Waals surface area contributed by atoms with Crippen LogP contribution in [-0.4, -0.2) is 48.8 Å². The molecule has 0 saturated heterocycles. The summed E-state index contributed by atoms with van der Waals surface area (Å²) in [6, 6.07) is 0. The zero-order valence-corrected chi connectivity index (χ0v) is 8.26. The van der Waals surface area contributed by atoms with E-state index in [0.717, 1.165) is 12.8 Å². The summed E-state index contributed by atoms with van der Waals surface area (Å²) in [6.07, 6.45) is 1.74. The third-order valence-electron chi connectivity index (χ3n) is 1.14. The largest absolute Gasteiger partial charge is 0.481 e. The van der Waals surface area contributed by atoms with Crippen molar-refractivity contribution in [1.82, 2.24) is 0 Å². The molecule has 0 aliphatic rings. The van der Waals surface area contributed by atoms with Crippen molar-refractivity contribution in [2.45, 2.75) is 26.7 Å². The van der Waals surface area contributed by atoms with E-state index < -0.39 is 5.97 Å². The molecule has 0 spiro atoms. The molecule has 1 N–H and O–H groups in total. The second-order valence-corrected chi connectivity index (χ2v) is 2.03. The van der Waals surface area contributed by atoms with E-state index in [-0.39, 0.29) is 43.7 Å². The van der Waals surface area contributed by atoms with Gasteiger partial charge < -0.3 is 5.11 Å².